The van der Waals surface area contributed by atoms with Crippen LogP contribution in [0, 0.1) is 5.82 Å². The molecule has 1 amide bonds. The van der Waals surface area contributed by atoms with E-state index in [1.54, 1.807) is 28.2 Å². The van der Waals surface area contributed by atoms with E-state index in [0.29, 0.717) is 12.2 Å². The van der Waals surface area contributed by atoms with Crippen LogP contribution in [0.3, 0.4) is 0 Å². The lowest BCUT2D eigenvalue weighted by molar-refractivity contribution is 0.0944. The summed E-state index contributed by atoms with van der Waals surface area (Å²) in [6.07, 6.45) is 2.69. The molecule has 5 rings (SSSR count). The molecule has 0 aliphatic heterocycles. The van der Waals surface area contributed by atoms with E-state index in [0.717, 1.165) is 51.4 Å². The molecular formula is C21H17FN4OS. The summed E-state index contributed by atoms with van der Waals surface area (Å²) in [5.41, 5.74) is 4.20. The molecule has 0 unspecified atom stereocenters. The lowest BCUT2D eigenvalue weighted by Gasteiger charge is -2.05. The Balaban J connectivity index is 1.40. The van der Waals surface area contributed by atoms with Gasteiger partial charge in [-0.15, -0.1) is 11.3 Å². The zero-order valence-corrected chi connectivity index (χ0v) is 15.8. The molecule has 1 aliphatic rings. The summed E-state index contributed by atoms with van der Waals surface area (Å²) in [6.45, 7) is 0.371. The first-order chi connectivity index (χ1) is 13.7. The van der Waals surface area contributed by atoms with Gasteiger partial charge in [0, 0.05) is 11.3 Å². The van der Waals surface area contributed by atoms with Crippen LogP contribution in [0.25, 0.3) is 15.9 Å². The smallest absolute Gasteiger partial charge is 0.272 e. The minimum Gasteiger partial charge on any atom is -0.344 e. The minimum atomic E-state index is -0.290. The van der Waals surface area contributed by atoms with Gasteiger partial charge in [-0.1, -0.05) is 12.1 Å². The lowest BCUT2D eigenvalue weighted by Crippen LogP contribution is -2.24. The molecule has 0 atom stereocenters. The van der Waals surface area contributed by atoms with Crippen molar-refractivity contribution >= 4 is 27.5 Å². The first-order valence-electron chi connectivity index (χ1n) is 9.18. The molecule has 5 nitrogen and oxygen atoms in total. The van der Waals surface area contributed by atoms with Crippen LogP contribution in [0.2, 0.25) is 0 Å². The SMILES string of the molecule is O=C(NCc1nc2ccccc2s1)c1nn(-c2ccc(F)cc2)c2c1CCC2. The first kappa shape index (κ1) is 17.1. The summed E-state index contributed by atoms with van der Waals surface area (Å²) in [7, 11) is 0. The third-order valence-corrected chi connectivity index (χ3v) is 5.99. The van der Waals surface area contributed by atoms with Crippen LogP contribution in [0.15, 0.2) is 48.5 Å². The molecule has 28 heavy (non-hydrogen) atoms. The summed E-state index contributed by atoms with van der Waals surface area (Å²) in [5, 5.41) is 8.37. The summed E-state index contributed by atoms with van der Waals surface area (Å²) < 4.78 is 16.1. The molecule has 2 aromatic heterocycles. The van der Waals surface area contributed by atoms with E-state index in [1.165, 1.54) is 12.1 Å². The van der Waals surface area contributed by atoms with Gasteiger partial charge in [0.1, 0.15) is 10.8 Å². The molecule has 0 saturated carbocycles. The van der Waals surface area contributed by atoms with Crippen molar-refractivity contribution in [1.82, 2.24) is 20.1 Å². The third-order valence-electron chi connectivity index (χ3n) is 4.95. The zero-order valence-electron chi connectivity index (χ0n) is 15.0. The predicted molar refractivity (Wildman–Crippen MR) is 106 cm³/mol. The van der Waals surface area contributed by atoms with Crippen molar-refractivity contribution in [3.05, 3.63) is 76.3 Å². The first-order valence-corrected chi connectivity index (χ1v) is 10.00. The number of fused-ring (bicyclic) bond motifs is 2. The lowest BCUT2D eigenvalue weighted by atomic mass is 10.2. The van der Waals surface area contributed by atoms with E-state index in [-0.39, 0.29) is 11.7 Å². The Kier molecular flexibility index (Phi) is 4.16. The highest BCUT2D eigenvalue weighted by atomic mass is 32.1. The Hall–Kier alpha value is -3.06. The van der Waals surface area contributed by atoms with Gasteiger partial charge >= 0.3 is 0 Å². The number of halogens is 1. The third kappa shape index (κ3) is 2.97. The number of hydrogen-bond acceptors (Lipinski definition) is 4. The quantitative estimate of drug-likeness (QED) is 0.570. The summed E-state index contributed by atoms with van der Waals surface area (Å²) in [4.78, 5) is 17.4. The predicted octanol–water partition coefficient (Wildman–Crippen LogP) is 4.04. The Bertz CT molecular complexity index is 1150. The number of benzene rings is 2. The van der Waals surface area contributed by atoms with Gasteiger partial charge in [0.25, 0.3) is 5.91 Å². The van der Waals surface area contributed by atoms with E-state index in [9.17, 15) is 9.18 Å². The molecule has 0 radical (unpaired) electrons. The van der Waals surface area contributed by atoms with Crippen molar-refractivity contribution in [2.45, 2.75) is 25.8 Å². The Morgan fingerprint density at radius 3 is 2.79 bits per heavy atom. The monoisotopic (exact) mass is 392 g/mol. The molecule has 7 heteroatoms. The van der Waals surface area contributed by atoms with Crippen LogP contribution in [0.1, 0.15) is 33.2 Å². The number of rotatable bonds is 4. The van der Waals surface area contributed by atoms with Crippen LogP contribution >= 0.6 is 11.3 Å². The van der Waals surface area contributed by atoms with Crippen molar-refractivity contribution in [3.63, 3.8) is 0 Å². The Labute approximate surface area is 164 Å². The van der Waals surface area contributed by atoms with Crippen LogP contribution in [-0.4, -0.2) is 20.7 Å². The molecule has 0 bridgehead atoms. The molecule has 4 aromatic rings. The second-order valence-electron chi connectivity index (χ2n) is 6.77. The van der Waals surface area contributed by atoms with Crippen LogP contribution < -0.4 is 5.32 Å². The average molecular weight is 392 g/mol. The number of nitrogens with one attached hydrogen (secondary N) is 1. The summed E-state index contributed by atoms with van der Waals surface area (Å²) in [5.74, 6) is -0.486. The van der Waals surface area contributed by atoms with Crippen molar-refractivity contribution in [1.29, 1.82) is 0 Å². The van der Waals surface area contributed by atoms with Gasteiger partial charge in [0.2, 0.25) is 0 Å². The van der Waals surface area contributed by atoms with E-state index in [2.05, 4.69) is 15.4 Å². The van der Waals surface area contributed by atoms with Crippen molar-refractivity contribution in [2.75, 3.05) is 0 Å². The van der Waals surface area contributed by atoms with Crippen LogP contribution in [0.5, 0.6) is 0 Å². The fourth-order valence-corrected chi connectivity index (χ4v) is 4.56. The maximum absolute atomic E-state index is 13.2. The standard InChI is InChI=1S/C21H17FN4OS/c22-13-8-10-14(11-9-13)26-17-6-3-4-15(17)20(25-26)21(27)23-12-19-24-16-5-1-2-7-18(16)28-19/h1-2,5,7-11H,3-4,6,12H2,(H,23,27). The number of carbonyl (C=O) groups is 1. The van der Waals surface area contributed by atoms with E-state index in [1.807, 2.05) is 24.3 Å². The highest BCUT2D eigenvalue weighted by molar-refractivity contribution is 7.18. The molecule has 1 N–H and O–H groups in total. The maximum atomic E-state index is 13.2. The number of aromatic nitrogens is 3. The van der Waals surface area contributed by atoms with Gasteiger partial charge in [-0.3, -0.25) is 4.79 Å². The summed E-state index contributed by atoms with van der Waals surface area (Å²) >= 11 is 1.58. The van der Waals surface area contributed by atoms with Crippen molar-refractivity contribution < 1.29 is 9.18 Å². The number of para-hydroxylation sites is 1. The van der Waals surface area contributed by atoms with Crippen LogP contribution in [0.4, 0.5) is 4.39 Å². The van der Waals surface area contributed by atoms with Gasteiger partial charge in [-0.2, -0.15) is 5.10 Å². The van der Waals surface area contributed by atoms with E-state index in [4.69, 9.17) is 0 Å². The average Bonchev–Trinajstić information content (AvgIpc) is 3.41. The number of hydrogen-bond donors (Lipinski definition) is 1. The van der Waals surface area contributed by atoms with Gasteiger partial charge in [-0.25, -0.2) is 14.1 Å². The van der Waals surface area contributed by atoms with Gasteiger partial charge in [-0.05, 0) is 55.7 Å². The van der Waals surface area contributed by atoms with E-state index < -0.39 is 0 Å². The van der Waals surface area contributed by atoms with E-state index >= 15 is 0 Å². The molecule has 0 saturated heterocycles. The largest absolute Gasteiger partial charge is 0.344 e. The highest BCUT2D eigenvalue weighted by Gasteiger charge is 2.27. The zero-order chi connectivity index (χ0) is 19.1. The molecular weight excluding hydrogens is 375 g/mol. The molecule has 140 valence electrons. The molecule has 0 fully saturated rings. The van der Waals surface area contributed by atoms with Crippen molar-refractivity contribution in [3.8, 4) is 5.69 Å². The second kappa shape index (κ2) is 6.83. The number of amides is 1. The van der Waals surface area contributed by atoms with Crippen molar-refractivity contribution in [2.24, 2.45) is 0 Å². The number of thiazole rings is 1. The van der Waals surface area contributed by atoms with Gasteiger partial charge < -0.3 is 5.32 Å². The highest BCUT2D eigenvalue weighted by Crippen LogP contribution is 2.28. The molecule has 1 aliphatic carbocycles. The number of carbonyl (C=O) groups excluding carboxylic acids is 1. The molecule has 2 heterocycles. The van der Waals surface area contributed by atoms with Gasteiger partial charge in [0.05, 0.1) is 22.4 Å². The van der Waals surface area contributed by atoms with Crippen LogP contribution in [-0.2, 0) is 19.4 Å². The topological polar surface area (TPSA) is 59.8 Å². The minimum absolute atomic E-state index is 0.196. The molecule has 0 spiro atoms. The summed E-state index contributed by atoms with van der Waals surface area (Å²) in [6, 6.07) is 14.1. The fourth-order valence-electron chi connectivity index (χ4n) is 3.65. The molecule has 2 aromatic carbocycles. The Morgan fingerprint density at radius 1 is 1.14 bits per heavy atom. The Morgan fingerprint density at radius 2 is 1.96 bits per heavy atom. The van der Waals surface area contributed by atoms with Gasteiger partial charge in [0.15, 0.2) is 5.69 Å². The fraction of sp³-hybridized carbons (Fsp3) is 0.190. The number of nitrogens with zero attached hydrogens (tertiary/aromatic N) is 3. The normalized spacial score (nSPS) is 13.0. The maximum Gasteiger partial charge on any atom is 0.272 e. The second-order valence-corrected chi connectivity index (χ2v) is 7.89.